The summed E-state index contributed by atoms with van der Waals surface area (Å²) in [5.41, 5.74) is 0.928. The number of hydrogen-bond donors (Lipinski definition) is 0. The van der Waals surface area contributed by atoms with E-state index in [1.165, 1.54) is 28.6 Å². The Morgan fingerprint density at radius 3 is 2.04 bits per heavy atom. The second-order valence-corrected chi connectivity index (χ2v) is 8.31. The monoisotopic (exact) mass is 406 g/mol. The summed E-state index contributed by atoms with van der Waals surface area (Å²) in [5.74, 6) is 0. The zero-order chi connectivity index (χ0) is 20.5. The fourth-order valence-corrected chi connectivity index (χ4v) is 4.51. The molecule has 1 saturated heterocycles. The van der Waals surface area contributed by atoms with Gasteiger partial charge in [0.15, 0.2) is 0 Å². The van der Waals surface area contributed by atoms with Gasteiger partial charge in [-0.05, 0) is 25.1 Å². The summed E-state index contributed by atoms with van der Waals surface area (Å²) in [6.07, 6.45) is 0. The number of aryl methyl sites for hydroxylation is 1. The van der Waals surface area contributed by atoms with Crippen LogP contribution in [0.2, 0.25) is 0 Å². The van der Waals surface area contributed by atoms with Gasteiger partial charge in [0.2, 0.25) is 10.0 Å². The van der Waals surface area contributed by atoms with Crippen LogP contribution >= 0.6 is 0 Å². The van der Waals surface area contributed by atoms with Crippen molar-refractivity contribution in [2.24, 2.45) is 0 Å². The Morgan fingerprint density at radius 1 is 0.893 bits per heavy atom. The van der Waals surface area contributed by atoms with E-state index in [9.17, 15) is 28.6 Å². The number of nitro benzene ring substituents is 2. The van der Waals surface area contributed by atoms with E-state index < -0.39 is 19.9 Å². The molecule has 0 radical (unpaired) electrons. The van der Waals surface area contributed by atoms with Crippen molar-refractivity contribution in [1.82, 2.24) is 4.31 Å². The van der Waals surface area contributed by atoms with Gasteiger partial charge in [0, 0.05) is 55.6 Å². The molecule has 1 aliphatic rings. The zero-order valence-corrected chi connectivity index (χ0v) is 15.8. The molecule has 1 heterocycles. The molecule has 0 amide bonds. The number of nitrogens with zero attached hydrogens (tertiary/aromatic N) is 4. The van der Waals surface area contributed by atoms with Crippen LogP contribution in [-0.4, -0.2) is 48.7 Å². The highest BCUT2D eigenvalue weighted by molar-refractivity contribution is 7.89. The second-order valence-electron chi connectivity index (χ2n) is 6.37. The molecule has 0 atom stereocenters. The summed E-state index contributed by atoms with van der Waals surface area (Å²) in [6, 6.07) is 9.97. The topological polar surface area (TPSA) is 127 Å². The highest BCUT2D eigenvalue weighted by Gasteiger charge is 2.30. The summed E-state index contributed by atoms with van der Waals surface area (Å²) < 4.78 is 27.0. The molecule has 0 aromatic heterocycles. The number of nitro groups is 2. The lowest BCUT2D eigenvalue weighted by Crippen LogP contribution is -2.48. The van der Waals surface area contributed by atoms with Gasteiger partial charge in [-0.3, -0.25) is 20.2 Å². The van der Waals surface area contributed by atoms with Crippen LogP contribution in [0.4, 0.5) is 17.1 Å². The van der Waals surface area contributed by atoms with E-state index >= 15 is 0 Å². The molecule has 10 nitrogen and oxygen atoms in total. The van der Waals surface area contributed by atoms with Crippen LogP contribution in [0.15, 0.2) is 47.4 Å². The molecule has 0 unspecified atom stereocenters. The Morgan fingerprint density at radius 2 is 1.50 bits per heavy atom. The van der Waals surface area contributed by atoms with Crippen molar-refractivity contribution in [3.8, 4) is 0 Å². The van der Waals surface area contributed by atoms with Gasteiger partial charge in [0.1, 0.15) is 0 Å². The van der Waals surface area contributed by atoms with Gasteiger partial charge in [-0.25, -0.2) is 8.42 Å². The van der Waals surface area contributed by atoms with Crippen molar-refractivity contribution in [3.05, 3.63) is 68.3 Å². The van der Waals surface area contributed by atoms with Crippen LogP contribution in [0, 0.1) is 27.2 Å². The molecule has 0 aliphatic carbocycles. The van der Waals surface area contributed by atoms with Crippen molar-refractivity contribution in [3.63, 3.8) is 0 Å². The van der Waals surface area contributed by atoms with Gasteiger partial charge in [-0.1, -0.05) is 6.07 Å². The zero-order valence-electron chi connectivity index (χ0n) is 15.0. The molecule has 148 valence electrons. The number of rotatable bonds is 5. The van der Waals surface area contributed by atoms with E-state index in [0.29, 0.717) is 18.7 Å². The van der Waals surface area contributed by atoms with Crippen LogP contribution in [-0.2, 0) is 10.0 Å². The highest BCUT2D eigenvalue weighted by Crippen LogP contribution is 2.26. The summed E-state index contributed by atoms with van der Waals surface area (Å²) in [5, 5.41) is 21.8. The van der Waals surface area contributed by atoms with Crippen LogP contribution < -0.4 is 4.90 Å². The standard InChI is InChI=1S/C17H18N4O6S/c1-13-2-7-16(12-17(13)21(24)25)28(26,27)19-10-8-18(9-11-19)14-3-5-15(6-4-14)20(22)23/h2-7,12H,8-11H2,1H3. The Balaban J connectivity index is 1.74. The predicted octanol–water partition coefficient (Wildman–Crippen LogP) is 2.32. The molecule has 11 heteroatoms. The number of non-ortho nitro benzene ring substituents is 1. The van der Waals surface area contributed by atoms with Crippen molar-refractivity contribution in [1.29, 1.82) is 0 Å². The van der Waals surface area contributed by atoms with Gasteiger partial charge in [-0.15, -0.1) is 0 Å². The number of sulfonamides is 1. The fourth-order valence-electron chi connectivity index (χ4n) is 3.07. The highest BCUT2D eigenvalue weighted by atomic mass is 32.2. The largest absolute Gasteiger partial charge is 0.369 e. The molecule has 2 aromatic rings. The number of hydrogen-bond acceptors (Lipinski definition) is 7. The molecular weight excluding hydrogens is 388 g/mol. The lowest BCUT2D eigenvalue weighted by atomic mass is 10.2. The summed E-state index contributed by atoms with van der Waals surface area (Å²) in [7, 11) is -3.85. The minimum absolute atomic E-state index is 0.00840. The SMILES string of the molecule is Cc1ccc(S(=O)(=O)N2CCN(c3ccc([N+](=O)[O-])cc3)CC2)cc1[N+](=O)[O-]. The molecule has 28 heavy (non-hydrogen) atoms. The van der Waals surface area contributed by atoms with Crippen molar-refractivity contribution in [2.45, 2.75) is 11.8 Å². The number of benzene rings is 2. The Kier molecular flexibility index (Phi) is 5.29. The first-order valence-corrected chi connectivity index (χ1v) is 9.89. The lowest BCUT2D eigenvalue weighted by Gasteiger charge is -2.35. The van der Waals surface area contributed by atoms with Gasteiger partial charge in [0.05, 0.1) is 14.7 Å². The lowest BCUT2D eigenvalue weighted by molar-refractivity contribution is -0.385. The van der Waals surface area contributed by atoms with Crippen molar-refractivity contribution in [2.75, 3.05) is 31.1 Å². The average molecular weight is 406 g/mol. The van der Waals surface area contributed by atoms with E-state index in [-0.39, 0.29) is 29.4 Å². The Hall–Kier alpha value is -3.05. The molecule has 3 rings (SSSR count). The molecule has 0 N–H and O–H groups in total. The summed E-state index contributed by atoms with van der Waals surface area (Å²) >= 11 is 0. The molecule has 1 aliphatic heterocycles. The third kappa shape index (κ3) is 3.80. The molecule has 1 fully saturated rings. The van der Waals surface area contributed by atoms with E-state index in [2.05, 4.69) is 0 Å². The first-order valence-electron chi connectivity index (χ1n) is 8.45. The minimum atomic E-state index is -3.85. The third-order valence-electron chi connectivity index (χ3n) is 4.68. The van der Waals surface area contributed by atoms with Crippen molar-refractivity contribution < 1.29 is 18.3 Å². The summed E-state index contributed by atoms with van der Waals surface area (Å²) in [4.78, 5) is 22.6. The smallest absolute Gasteiger partial charge is 0.273 e. The van der Waals surface area contributed by atoms with Crippen LogP contribution in [0.5, 0.6) is 0 Å². The third-order valence-corrected chi connectivity index (χ3v) is 6.57. The van der Waals surface area contributed by atoms with Gasteiger partial charge < -0.3 is 4.90 Å². The van der Waals surface area contributed by atoms with Crippen LogP contribution in [0.1, 0.15) is 5.56 Å². The first-order chi connectivity index (χ1) is 13.2. The van der Waals surface area contributed by atoms with Gasteiger partial charge in [-0.2, -0.15) is 4.31 Å². The second kappa shape index (κ2) is 7.52. The normalized spacial score (nSPS) is 15.4. The van der Waals surface area contributed by atoms with E-state index in [1.54, 1.807) is 19.1 Å². The average Bonchev–Trinajstić information content (AvgIpc) is 2.68. The maximum absolute atomic E-state index is 12.8. The number of piperazine rings is 1. The molecular formula is C17H18N4O6S. The van der Waals surface area contributed by atoms with Gasteiger partial charge in [0.25, 0.3) is 11.4 Å². The fraction of sp³-hybridized carbons (Fsp3) is 0.294. The molecule has 0 spiro atoms. The first kappa shape index (κ1) is 19.7. The Labute approximate surface area is 161 Å². The van der Waals surface area contributed by atoms with E-state index in [4.69, 9.17) is 0 Å². The maximum Gasteiger partial charge on any atom is 0.273 e. The molecule has 0 saturated carbocycles. The number of anilines is 1. The molecule has 0 bridgehead atoms. The summed E-state index contributed by atoms with van der Waals surface area (Å²) in [6.45, 7) is 2.79. The van der Waals surface area contributed by atoms with Crippen LogP contribution in [0.25, 0.3) is 0 Å². The maximum atomic E-state index is 12.8. The van der Waals surface area contributed by atoms with E-state index in [1.807, 2.05) is 4.90 Å². The van der Waals surface area contributed by atoms with Crippen molar-refractivity contribution >= 4 is 27.1 Å². The van der Waals surface area contributed by atoms with E-state index in [0.717, 1.165) is 11.8 Å². The van der Waals surface area contributed by atoms with Crippen LogP contribution in [0.3, 0.4) is 0 Å². The predicted molar refractivity (Wildman–Crippen MR) is 102 cm³/mol. The Bertz CT molecular complexity index is 1010. The van der Waals surface area contributed by atoms with Gasteiger partial charge >= 0.3 is 0 Å². The minimum Gasteiger partial charge on any atom is -0.369 e. The quantitative estimate of drug-likeness (QED) is 0.551. The molecule has 2 aromatic carbocycles.